The van der Waals surface area contributed by atoms with E-state index in [0.717, 1.165) is 38.8 Å². The second-order valence-corrected chi connectivity index (χ2v) is 5.17. The Balaban J connectivity index is 1.50. The zero-order valence-corrected chi connectivity index (χ0v) is 10.7. The summed E-state index contributed by atoms with van der Waals surface area (Å²) in [6.07, 6.45) is 2.93. The van der Waals surface area contributed by atoms with Crippen LogP contribution in [-0.4, -0.2) is 32.5 Å². The van der Waals surface area contributed by atoms with E-state index in [1.54, 1.807) is 0 Å². The molecule has 3 heteroatoms. The van der Waals surface area contributed by atoms with Crippen molar-refractivity contribution in [2.45, 2.75) is 31.4 Å². The van der Waals surface area contributed by atoms with Crippen molar-refractivity contribution in [3.05, 3.63) is 35.4 Å². The van der Waals surface area contributed by atoms with E-state index in [1.807, 2.05) is 0 Å². The number of ether oxygens (including phenoxy) is 2. The lowest BCUT2D eigenvalue weighted by Gasteiger charge is -2.23. The van der Waals surface area contributed by atoms with Gasteiger partial charge in [-0.2, -0.15) is 0 Å². The molecule has 1 unspecified atom stereocenters. The van der Waals surface area contributed by atoms with E-state index in [2.05, 4.69) is 29.6 Å². The second-order valence-electron chi connectivity index (χ2n) is 5.17. The maximum atomic E-state index is 5.62. The molecule has 18 heavy (non-hydrogen) atoms. The van der Waals surface area contributed by atoms with Gasteiger partial charge in [0.05, 0.1) is 25.9 Å². The largest absolute Gasteiger partial charge is 0.376 e. The van der Waals surface area contributed by atoms with Gasteiger partial charge in [0, 0.05) is 13.1 Å². The fraction of sp³-hybridized carbons (Fsp3) is 0.600. The average molecular weight is 247 g/mol. The first kappa shape index (κ1) is 12.2. The highest BCUT2D eigenvalue weighted by Crippen LogP contribution is 2.41. The Morgan fingerprint density at radius 2 is 2.06 bits per heavy atom. The molecule has 2 aliphatic rings. The number of nitrogens with one attached hydrogen (secondary N) is 1. The van der Waals surface area contributed by atoms with Crippen LogP contribution in [0, 0.1) is 0 Å². The Hall–Kier alpha value is -0.900. The molecule has 1 N–H and O–H groups in total. The molecule has 0 aromatic heterocycles. The van der Waals surface area contributed by atoms with Crippen molar-refractivity contribution in [3.8, 4) is 0 Å². The number of rotatable bonds is 5. The third kappa shape index (κ3) is 3.10. The van der Waals surface area contributed by atoms with E-state index < -0.39 is 0 Å². The summed E-state index contributed by atoms with van der Waals surface area (Å²) < 4.78 is 11.0. The van der Waals surface area contributed by atoms with Crippen molar-refractivity contribution < 1.29 is 9.47 Å². The molecule has 1 atom stereocenters. The van der Waals surface area contributed by atoms with Crippen LogP contribution in [0.2, 0.25) is 0 Å². The van der Waals surface area contributed by atoms with Gasteiger partial charge in [-0.15, -0.1) is 0 Å². The van der Waals surface area contributed by atoms with E-state index in [-0.39, 0.29) is 6.10 Å². The van der Waals surface area contributed by atoms with Crippen LogP contribution in [0.1, 0.15) is 29.9 Å². The van der Waals surface area contributed by atoms with Gasteiger partial charge < -0.3 is 14.8 Å². The van der Waals surface area contributed by atoms with Gasteiger partial charge in [-0.3, -0.25) is 0 Å². The van der Waals surface area contributed by atoms with Gasteiger partial charge in [-0.05, 0) is 29.9 Å². The fourth-order valence-corrected chi connectivity index (χ4v) is 2.51. The maximum Gasteiger partial charge on any atom is 0.0933 e. The van der Waals surface area contributed by atoms with Gasteiger partial charge >= 0.3 is 0 Å². The van der Waals surface area contributed by atoms with Crippen LogP contribution in [0.4, 0.5) is 0 Å². The molecule has 3 rings (SSSR count). The molecular weight excluding hydrogens is 226 g/mol. The lowest BCUT2D eigenvalue weighted by Crippen LogP contribution is -2.37. The molecule has 3 nitrogen and oxygen atoms in total. The predicted octanol–water partition coefficient (Wildman–Crippen LogP) is 2.07. The molecule has 1 saturated heterocycles. The van der Waals surface area contributed by atoms with E-state index in [0.29, 0.717) is 0 Å². The second kappa shape index (κ2) is 5.83. The summed E-state index contributed by atoms with van der Waals surface area (Å²) in [6.45, 7) is 3.99. The zero-order valence-electron chi connectivity index (χ0n) is 10.7. The summed E-state index contributed by atoms with van der Waals surface area (Å²) >= 11 is 0. The van der Waals surface area contributed by atoms with E-state index in [4.69, 9.17) is 9.47 Å². The van der Waals surface area contributed by atoms with Crippen molar-refractivity contribution in [1.29, 1.82) is 0 Å². The predicted molar refractivity (Wildman–Crippen MR) is 70.7 cm³/mol. The molecule has 1 aromatic rings. The Labute approximate surface area is 108 Å². The minimum Gasteiger partial charge on any atom is -0.376 e. The van der Waals surface area contributed by atoms with Crippen LogP contribution in [0.3, 0.4) is 0 Å². The molecule has 0 bridgehead atoms. The molecule has 0 spiro atoms. The van der Waals surface area contributed by atoms with Gasteiger partial charge in [0.25, 0.3) is 0 Å². The van der Waals surface area contributed by atoms with Crippen LogP contribution >= 0.6 is 0 Å². The Kier molecular flexibility index (Phi) is 3.93. The molecule has 1 aromatic carbocycles. The average Bonchev–Trinajstić information content (AvgIpc) is 3.25. The quantitative estimate of drug-likeness (QED) is 0.864. The summed E-state index contributed by atoms with van der Waals surface area (Å²) in [5.41, 5.74) is 2.97. The van der Waals surface area contributed by atoms with Crippen LogP contribution in [-0.2, 0) is 16.0 Å². The molecule has 0 radical (unpaired) electrons. The third-order valence-corrected chi connectivity index (χ3v) is 3.64. The Morgan fingerprint density at radius 1 is 1.17 bits per heavy atom. The molecule has 1 aliphatic carbocycles. The van der Waals surface area contributed by atoms with Gasteiger partial charge in [-0.25, -0.2) is 0 Å². The summed E-state index contributed by atoms with van der Waals surface area (Å²) in [6, 6.07) is 8.78. The standard InChI is InChI=1S/C15H21NO2/c1-2-4-15(12-5-6-12)13(3-1)9-16-10-14-11-17-7-8-18-14/h1-4,12,14,16H,5-11H2. The minimum absolute atomic E-state index is 0.215. The summed E-state index contributed by atoms with van der Waals surface area (Å²) in [5, 5.41) is 3.49. The van der Waals surface area contributed by atoms with Crippen molar-refractivity contribution in [1.82, 2.24) is 5.32 Å². The molecule has 0 amide bonds. The minimum atomic E-state index is 0.215. The van der Waals surface area contributed by atoms with Crippen LogP contribution in [0.5, 0.6) is 0 Å². The smallest absolute Gasteiger partial charge is 0.0933 e. The first-order chi connectivity index (χ1) is 8.93. The monoisotopic (exact) mass is 247 g/mol. The number of hydrogen-bond acceptors (Lipinski definition) is 3. The summed E-state index contributed by atoms with van der Waals surface area (Å²) in [5.74, 6) is 0.817. The molecule has 1 heterocycles. The molecule has 1 aliphatic heterocycles. The van der Waals surface area contributed by atoms with Crippen LogP contribution in [0.25, 0.3) is 0 Å². The third-order valence-electron chi connectivity index (χ3n) is 3.64. The van der Waals surface area contributed by atoms with Gasteiger partial charge in [-0.1, -0.05) is 24.3 Å². The first-order valence-corrected chi connectivity index (χ1v) is 6.91. The first-order valence-electron chi connectivity index (χ1n) is 6.91. The lowest BCUT2D eigenvalue weighted by atomic mass is 10.0. The Bertz CT molecular complexity index is 384. The highest BCUT2D eigenvalue weighted by molar-refractivity contribution is 5.33. The topological polar surface area (TPSA) is 30.5 Å². The maximum absolute atomic E-state index is 5.62. The normalized spacial score (nSPS) is 24.1. The number of benzene rings is 1. The lowest BCUT2D eigenvalue weighted by molar-refractivity contribution is -0.0864. The van der Waals surface area contributed by atoms with Gasteiger partial charge in [0.1, 0.15) is 0 Å². The highest BCUT2D eigenvalue weighted by Gasteiger charge is 2.25. The Morgan fingerprint density at radius 3 is 2.83 bits per heavy atom. The van der Waals surface area contributed by atoms with Crippen molar-refractivity contribution in [2.75, 3.05) is 26.4 Å². The number of hydrogen-bond donors (Lipinski definition) is 1. The van der Waals surface area contributed by atoms with E-state index in [9.17, 15) is 0 Å². The molecule has 98 valence electrons. The molecule has 2 fully saturated rings. The van der Waals surface area contributed by atoms with Crippen molar-refractivity contribution >= 4 is 0 Å². The summed E-state index contributed by atoms with van der Waals surface area (Å²) in [4.78, 5) is 0. The molecular formula is C15H21NO2. The van der Waals surface area contributed by atoms with Gasteiger partial charge in [0.15, 0.2) is 0 Å². The highest BCUT2D eigenvalue weighted by atomic mass is 16.6. The van der Waals surface area contributed by atoms with Crippen molar-refractivity contribution in [3.63, 3.8) is 0 Å². The van der Waals surface area contributed by atoms with E-state index >= 15 is 0 Å². The van der Waals surface area contributed by atoms with Crippen molar-refractivity contribution in [2.24, 2.45) is 0 Å². The zero-order chi connectivity index (χ0) is 12.2. The van der Waals surface area contributed by atoms with Crippen LogP contribution in [0.15, 0.2) is 24.3 Å². The van der Waals surface area contributed by atoms with Gasteiger partial charge in [0.2, 0.25) is 0 Å². The van der Waals surface area contributed by atoms with Crippen LogP contribution < -0.4 is 5.32 Å². The van der Waals surface area contributed by atoms with E-state index in [1.165, 1.54) is 24.0 Å². The fourth-order valence-electron chi connectivity index (χ4n) is 2.51. The SMILES string of the molecule is c1ccc(C2CC2)c(CNCC2COCCO2)c1. The molecule has 1 saturated carbocycles. The summed E-state index contributed by atoms with van der Waals surface area (Å²) in [7, 11) is 0.